The van der Waals surface area contributed by atoms with Gasteiger partial charge in [0, 0.05) is 5.56 Å². The number of hydrogen-bond donors (Lipinski definition) is 2. The fourth-order valence-corrected chi connectivity index (χ4v) is 1.48. The Balaban J connectivity index is 2.42. The van der Waals surface area contributed by atoms with Gasteiger partial charge in [-0.05, 0) is 18.2 Å². The third-order valence-electron chi connectivity index (χ3n) is 1.93. The maximum Gasteiger partial charge on any atom is 0.239 e. The number of nitrogens with zero attached hydrogens (tertiary/aromatic N) is 2. The molecule has 0 aliphatic heterocycles. The summed E-state index contributed by atoms with van der Waals surface area (Å²) in [5.74, 6) is 1.40. The highest BCUT2D eigenvalue weighted by molar-refractivity contribution is 6.32. The van der Waals surface area contributed by atoms with Gasteiger partial charge in [-0.15, -0.1) is 5.10 Å². The van der Waals surface area contributed by atoms with Crippen molar-refractivity contribution >= 4 is 17.5 Å². The fourth-order valence-electron chi connectivity index (χ4n) is 1.22. The van der Waals surface area contributed by atoms with Crippen molar-refractivity contribution in [2.45, 2.75) is 0 Å². The molecule has 0 saturated carbocycles. The molecule has 6 heteroatoms. The normalized spacial score (nSPS) is 10.3. The zero-order valence-corrected chi connectivity index (χ0v) is 8.75. The summed E-state index contributed by atoms with van der Waals surface area (Å²) in [7, 11) is 1.56. The topological polar surface area (TPSA) is 76.8 Å². The van der Waals surface area contributed by atoms with Gasteiger partial charge in [-0.2, -0.15) is 4.98 Å². The highest BCUT2D eigenvalue weighted by atomic mass is 35.5. The smallest absolute Gasteiger partial charge is 0.239 e. The van der Waals surface area contributed by atoms with Crippen molar-refractivity contribution < 1.29 is 4.74 Å². The van der Waals surface area contributed by atoms with Gasteiger partial charge in [0.05, 0.1) is 12.1 Å². The number of aromatic nitrogens is 3. The van der Waals surface area contributed by atoms with E-state index in [1.165, 1.54) is 0 Å². The number of H-pyrrole nitrogens is 1. The molecule has 0 aliphatic rings. The Hall–Kier alpha value is -1.75. The van der Waals surface area contributed by atoms with Crippen LogP contribution in [0.5, 0.6) is 5.75 Å². The number of rotatable bonds is 2. The minimum atomic E-state index is 0.206. The van der Waals surface area contributed by atoms with Crippen molar-refractivity contribution in [3.05, 3.63) is 23.2 Å². The Morgan fingerprint density at radius 2 is 2.27 bits per heavy atom. The van der Waals surface area contributed by atoms with Gasteiger partial charge in [0.1, 0.15) is 5.75 Å². The minimum absolute atomic E-state index is 0.206. The zero-order chi connectivity index (χ0) is 10.8. The molecule has 1 heterocycles. The molecule has 2 rings (SSSR count). The van der Waals surface area contributed by atoms with Gasteiger partial charge >= 0.3 is 0 Å². The van der Waals surface area contributed by atoms with Gasteiger partial charge in [0.2, 0.25) is 5.95 Å². The van der Waals surface area contributed by atoms with Crippen molar-refractivity contribution in [3.8, 4) is 17.1 Å². The van der Waals surface area contributed by atoms with Gasteiger partial charge in [0.25, 0.3) is 0 Å². The highest BCUT2D eigenvalue weighted by Gasteiger charge is 2.06. The summed E-state index contributed by atoms with van der Waals surface area (Å²) in [6, 6.07) is 5.32. The molecule has 78 valence electrons. The Bertz CT molecular complexity index is 483. The molecule has 0 atom stereocenters. The molecule has 5 nitrogen and oxygen atoms in total. The summed E-state index contributed by atoms with van der Waals surface area (Å²) in [6.07, 6.45) is 0. The quantitative estimate of drug-likeness (QED) is 0.814. The average molecular weight is 225 g/mol. The third-order valence-corrected chi connectivity index (χ3v) is 2.22. The number of nitrogens with one attached hydrogen (secondary N) is 1. The average Bonchev–Trinajstić information content (AvgIpc) is 2.65. The highest BCUT2D eigenvalue weighted by Crippen LogP contribution is 2.28. The van der Waals surface area contributed by atoms with Crippen LogP contribution in [0.4, 0.5) is 5.95 Å². The SMILES string of the molecule is COc1ccc(-c2nc(N)n[nH]2)cc1Cl. The molecule has 1 aromatic heterocycles. The Labute approximate surface area is 91.2 Å². The molecule has 0 spiro atoms. The van der Waals surface area contributed by atoms with E-state index in [1.54, 1.807) is 19.2 Å². The van der Waals surface area contributed by atoms with Crippen LogP contribution in [-0.2, 0) is 0 Å². The number of anilines is 1. The summed E-state index contributed by atoms with van der Waals surface area (Å²) < 4.78 is 5.04. The van der Waals surface area contributed by atoms with Gasteiger partial charge in [-0.1, -0.05) is 11.6 Å². The third kappa shape index (κ3) is 1.87. The second-order valence-electron chi connectivity index (χ2n) is 2.89. The van der Waals surface area contributed by atoms with Crippen LogP contribution in [0.3, 0.4) is 0 Å². The molecular weight excluding hydrogens is 216 g/mol. The van der Waals surface area contributed by atoms with E-state index in [-0.39, 0.29) is 5.95 Å². The van der Waals surface area contributed by atoms with E-state index >= 15 is 0 Å². The molecule has 3 N–H and O–H groups in total. The van der Waals surface area contributed by atoms with Crippen molar-refractivity contribution in [2.24, 2.45) is 0 Å². The second-order valence-corrected chi connectivity index (χ2v) is 3.30. The molecule has 0 saturated heterocycles. The maximum atomic E-state index is 5.97. The maximum absolute atomic E-state index is 5.97. The van der Waals surface area contributed by atoms with Crippen molar-refractivity contribution in [3.63, 3.8) is 0 Å². The first kappa shape index (κ1) is 9.79. The van der Waals surface area contributed by atoms with E-state index in [9.17, 15) is 0 Å². The van der Waals surface area contributed by atoms with Crippen LogP contribution in [0.2, 0.25) is 5.02 Å². The Morgan fingerprint density at radius 3 is 2.80 bits per heavy atom. The summed E-state index contributed by atoms with van der Waals surface area (Å²) >= 11 is 5.97. The number of aromatic amines is 1. The number of benzene rings is 1. The van der Waals surface area contributed by atoms with Crippen LogP contribution in [0.15, 0.2) is 18.2 Å². The van der Waals surface area contributed by atoms with E-state index in [4.69, 9.17) is 22.1 Å². The lowest BCUT2D eigenvalue weighted by atomic mass is 10.2. The predicted molar refractivity (Wildman–Crippen MR) is 57.8 cm³/mol. The van der Waals surface area contributed by atoms with Gasteiger partial charge in [0.15, 0.2) is 5.82 Å². The number of hydrogen-bond acceptors (Lipinski definition) is 4. The lowest BCUT2D eigenvalue weighted by Gasteiger charge is -2.03. The van der Waals surface area contributed by atoms with Crippen molar-refractivity contribution in [1.29, 1.82) is 0 Å². The first-order valence-corrected chi connectivity index (χ1v) is 4.60. The van der Waals surface area contributed by atoms with Crippen LogP contribution >= 0.6 is 11.6 Å². The zero-order valence-electron chi connectivity index (χ0n) is 7.99. The number of nitrogens with two attached hydrogens (primary N) is 1. The molecule has 2 aromatic rings. The van der Waals surface area contributed by atoms with E-state index in [0.717, 1.165) is 5.56 Å². The lowest BCUT2D eigenvalue weighted by Crippen LogP contribution is -1.87. The number of nitrogen functional groups attached to an aromatic ring is 1. The standard InChI is InChI=1S/C9H9ClN4O/c1-15-7-3-2-5(4-6(7)10)8-12-9(11)14-13-8/h2-4H,1H3,(H3,11,12,13,14). The van der Waals surface area contributed by atoms with Crippen LogP contribution in [0.1, 0.15) is 0 Å². The molecule has 0 bridgehead atoms. The second kappa shape index (κ2) is 3.78. The molecule has 15 heavy (non-hydrogen) atoms. The fraction of sp³-hybridized carbons (Fsp3) is 0.111. The number of methoxy groups -OCH3 is 1. The largest absolute Gasteiger partial charge is 0.495 e. The van der Waals surface area contributed by atoms with Gasteiger partial charge < -0.3 is 10.5 Å². The van der Waals surface area contributed by atoms with Crippen molar-refractivity contribution in [1.82, 2.24) is 15.2 Å². The van der Waals surface area contributed by atoms with Crippen LogP contribution in [-0.4, -0.2) is 22.3 Å². The van der Waals surface area contributed by atoms with E-state index in [1.807, 2.05) is 6.07 Å². The summed E-state index contributed by atoms with van der Waals surface area (Å²) in [4.78, 5) is 3.99. The first-order chi connectivity index (χ1) is 7.20. The monoisotopic (exact) mass is 224 g/mol. The summed E-state index contributed by atoms with van der Waals surface area (Å²) in [6.45, 7) is 0. The summed E-state index contributed by atoms with van der Waals surface area (Å²) in [5.41, 5.74) is 6.21. The molecule has 0 unspecified atom stereocenters. The Morgan fingerprint density at radius 1 is 1.47 bits per heavy atom. The molecular formula is C9H9ClN4O. The molecule has 0 aliphatic carbocycles. The predicted octanol–water partition coefficient (Wildman–Crippen LogP) is 1.72. The van der Waals surface area contributed by atoms with E-state index < -0.39 is 0 Å². The van der Waals surface area contributed by atoms with Crippen LogP contribution < -0.4 is 10.5 Å². The molecule has 1 aromatic carbocycles. The number of ether oxygens (including phenoxy) is 1. The first-order valence-electron chi connectivity index (χ1n) is 4.22. The molecule has 0 radical (unpaired) electrons. The van der Waals surface area contributed by atoms with E-state index in [2.05, 4.69) is 15.2 Å². The molecule has 0 amide bonds. The minimum Gasteiger partial charge on any atom is -0.495 e. The van der Waals surface area contributed by atoms with Gasteiger partial charge in [-0.3, -0.25) is 5.10 Å². The number of halogens is 1. The van der Waals surface area contributed by atoms with Crippen molar-refractivity contribution in [2.75, 3.05) is 12.8 Å². The summed E-state index contributed by atoms with van der Waals surface area (Å²) in [5, 5.41) is 6.95. The lowest BCUT2D eigenvalue weighted by molar-refractivity contribution is 0.415. The molecule has 0 fully saturated rings. The van der Waals surface area contributed by atoms with Gasteiger partial charge in [-0.25, -0.2) is 0 Å². The van der Waals surface area contributed by atoms with Crippen LogP contribution in [0, 0.1) is 0 Å². The van der Waals surface area contributed by atoms with E-state index in [0.29, 0.717) is 16.6 Å². The Kier molecular flexibility index (Phi) is 2.47. The van der Waals surface area contributed by atoms with Crippen LogP contribution in [0.25, 0.3) is 11.4 Å².